The van der Waals surface area contributed by atoms with Gasteiger partial charge in [-0.1, -0.05) is 60.7 Å². The Morgan fingerprint density at radius 2 is 1.40 bits per heavy atom. The van der Waals surface area contributed by atoms with Gasteiger partial charge in [0.15, 0.2) is 0 Å². The summed E-state index contributed by atoms with van der Waals surface area (Å²) in [6.07, 6.45) is 0. The van der Waals surface area contributed by atoms with Crippen LogP contribution in [0.15, 0.2) is 66.7 Å². The second-order valence-corrected chi connectivity index (χ2v) is 6.40. The summed E-state index contributed by atoms with van der Waals surface area (Å²) in [6, 6.07) is 23.0. The van der Waals surface area contributed by atoms with Crippen molar-refractivity contribution in [2.24, 2.45) is 0 Å². The van der Waals surface area contributed by atoms with Crippen molar-refractivity contribution in [3.8, 4) is 11.3 Å². The molecule has 3 rings (SSSR count). The highest BCUT2D eigenvalue weighted by molar-refractivity contribution is 5.64. The van der Waals surface area contributed by atoms with Crippen LogP contribution in [-0.4, -0.2) is 16.0 Å². The molecule has 1 heterocycles. The van der Waals surface area contributed by atoms with Gasteiger partial charge < -0.3 is 10.6 Å². The number of benzene rings is 2. The molecule has 0 fully saturated rings. The van der Waals surface area contributed by atoms with Gasteiger partial charge in [-0.3, -0.25) is 0 Å². The number of aromatic nitrogens is 2. The van der Waals surface area contributed by atoms with Crippen molar-refractivity contribution in [2.45, 2.75) is 32.9 Å². The molecule has 0 bridgehead atoms. The summed E-state index contributed by atoms with van der Waals surface area (Å²) < 4.78 is 0. The minimum Gasteiger partial charge on any atom is -0.363 e. The van der Waals surface area contributed by atoms with Crippen LogP contribution in [0.2, 0.25) is 0 Å². The largest absolute Gasteiger partial charge is 0.363 e. The van der Waals surface area contributed by atoms with E-state index in [1.807, 2.05) is 30.3 Å². The Bertz CT molecular complexity index is 801. The van der Waals surface area contributed by atoms with Crippen molar-refractivity contribution in [3.63, 3.8) is 0 Å². The lowest BCUT2D eigenvalue weighted by Crippen LogP contribution is -2.15. The molecule has 4 heteroatoms. The third-order valence-electron chi connectivity index (χ3n) is 3.88. The monoisotopic (exact) mass is 332 g/mol. The van der Waals surface area contributed by atoms with Crippen molar-refractivity contribution in [1.29, 1.82) is 0 Å². The first-order valence-electron chi connectivity index (χ1n) is 8.64. The maximum Gasteiger partial charge on any atom is 0.225 e. The maximum absolute atomic E-state index is 4.66. The van der Waals surface area contributed by atoms with Crippen molar-refractivity contribution < 1.29 is 0 Å². The van der Waals surface area contributed by atoms with Gasteiger partial charge in [-0.05, 0) is 26.3 Å². The summed E-state index contributed by atoms with van der Waals surface area (Å²) >= 11 is 0. The van der Waals surface area contributed by atoms with Gasteiger partial charge in [0.2, 0.25) is 5.95 Å². The Morgan fingerprint density at radius 3 is 2.04 bits per heavy atom. The lowest BCUT2D eigenvalue weighted by atomic mass is 10.1. The molecule has 0 amide bonds. The Balaban J connectivity index is 1.92. The summed E-state index contributed by atoms with van der Waals surface area (Å²) in [4.78, 5) is 9.29. The molecular formula is C21H24N4. The highest BCUT2D eigenvalue weighted by Gasteiger charge is 2.11. The second kappa shape index (κ2) is 7.79. The summed E-state index contributed by atoms with van der Waals surface area (Å²) in [5.74, 6) is 1.45. The first-order valence-corrected chi connectivity index (χ1v) is 8.64. The number of anilines is 2. The second-order valence-electron chi connectivity index (χ2n) is 6.40. The quantitative estimate of drug-likeness (QED) is 0.656. The molecule has 3 aromatic rings. The molecule has 1 atom stereocenters. The van der Waals surface area contributed by atoms with E-state index >= 15 is 0 Å². The van der Waals surface area contributed by atoms with Crippen molar-refractivity contribution >= 4 is 11.8 Å². The molecule has 1 unspecified atom stereocenters. The normalized spacial score (nSPS) is 12.0. The van der Waals surface area contributed by atoms with Gasteiger partial charge in [-0.2, -0.15) is 4.98 Å². The van der Waals surface area contributed by atoms with Gasteiger partial charge in [-0.15, -0.1) is 0 Å². The fraction of sp³-hybridized carbons (Fsp3) is 0.238. The van der Waals surface area contributed by atoms with Gasteiger partial charge in [0, 0.05) is 23.7 Å². The van der Waals surface area contributed by atoms with Crippen LogP contribution in [0.3, 0.4) is 0 Å². The fourth-order valence-corrected chi connectivity index (χ4v) is 2.65. The number of hydrogen-bond donors (Lipinski definition) is 2. The molecule has 1 aromatic heterocycles. The van der Waals surface area contributed by atoms with Crippen LogP contribution in [0.1, 0.15) is 32.4 Å². The Labute approximate surface area is 149 Å². The van der Waals surface area contributed by atoms with E-state index in [4.69, 9.17) is 0 Å². The molecule has 4 nitrogen and oxygen atoms in total. The molecule has 0 radical (unpaired) electrons. The third-order valence-corrected chi connectivity index (χ3v) is 3.88. The van der Waals surface area contributed by atoms with E-state index in [-0.39, 0.29) is 12.1 Å². The minimum atomic E-state index is 0.159. The Morgan fingerprint density at radius 1 is 0.760 bits per heavy atom. The minimum absolute atomic E-state index is 0.159. The van der Waals surface area contributed by atoms with Crippen LogP contribution in [0, 0.1) is 0 Å². The Kier molecular flexibility index (Phi) is 5.29. The lowest BCUT2D eigenvalue weighted by molar-refractivity contribution is 0.856. The van der Waals surface area contributed by atoms with Gasteiger partial charge in [0.1, 0.15) is 5.82 Å². The van der Waals surface area contributed by atoms with E-state index in [0.29, 0.717) is 5.95 Å². The Hall–Kier alpha value is -2.88. The highest BCUT2D eigenvalue weighted by atomic mass is 15.2. The van der Waals surface area contributed by atoms with Gasteiger partial charge in [-0.25, -0.2) is 4.98 Å². The van der Waals surface area contributed by atoms with Crippen LogP contribution < -0.4 is 10.6 Å². The molecule has 0 saturated carbocycles. The molecule has 0 saturated heterocycles. The van der Waals surface area contributed by atoms with Crippen LogP contribution in [0.5, 0.6) is 0 Å². The van der Waals surface area contributed by atoms with E-state index in [9.17, 15) is 0 Å². The first kappa shape index (κ1) is 17.0. The topological polar surface area (TPSA) is 49.8 Å². The fourth-order valence-electron chi connectivity index (χ4n) is 2.65. The van der Waals surface area contributed by atoms with Gasteiger partial charge in [0.05, 0.1) is 5.69 Å². The van der Waals surface area contributed by atoms with Crippen LogP contribution >= 0.6 is 0 Å². The van der Waals surface area contributed by atoms with Gasteiger partial charge >= 0.3 is 0 Å². The third kappa shape index (κ3) is 4.57. The van der Waals surface area contributed by atoms with E-state index in [1.54, 1.807) is 0 Å². The molecule has 25 heavy (non-hydrogen) atoms. The first-order chi connectivity index (χ1) is 12.1. The SMILES string of the molecule is CC(C)Nc1nc(NC(C)c2ccccc2)cc(-c2ccccc2)n1. The zero-order chi connectivity index (χ0) is 17.6. The summed E-state index contributed by atoms with van der Waals surface area (Å²) in [5, 5.41) is 6.80. The van der Waals surface area contributed by atoms with Crippen LogP contribution in [-0.2, 0) is 0 Å². The predicted octanol–water partition coefficient (Wildman–Crippen LogP) is 5.14. The summed E-state index contributed by atoms with van der Waals surface area (Å²) in [6.45, 7) is 6.30. The predicted molar refractivity (Wildman–Crippen MR) is 105 cm³/mol. The summed E-state index contributed by atoms with van der Waals surface area (Å²) in [5.41, 5.74) is 3.20. The van der Waals surface area contributed by atoms with Crippen molar-refractivity contribution in [2.75, 3.05) is 10.6 Å². The zero-order valence-electron chi connectivity index (χ0n) is 14.9. The standard InChI is InChI=1S/C21H24N4/c1-15(2)22-21-24-19(18-12-8-5-9-13-18)14-20(25-21)23-16(3)17-10-6-4-7-11-17/h4-16H,1-3H3,(H2,22,23,24,25). The number of nitrogens with zero attached hydrogens (tertiary/aromatic N) is 2. The zero-order valence-corrected chi connectivity index (χ0v) is 14.9. The summed E-state index contributed by atoms with van der Waals surface area (Å²) in [7, 11) is 0. The molecule has 0 aliphatic heterocycles. The van der Waals surface area contributed by atoms with E-state index < -0.39 is 0 Å². The molecule has 0 aliphatic carbocycles. The van der Waals surface area contributed by atoms with Crippen LogP contribution in [0.25, 0.3) is 11.3 Å². The van der Waals surface area contributed by atoms with E-state index in [1.165, 1.54) is 5.56 Å². The van der Waals surface area contributed by atoms with Crippen molar-refractivity contribution in [3.05, 3.63) is 72.3 Å². The number of nitrogens with one attached hydrogen (secondary N) is 2. The number of rotatable bonds is 6. The van der Waals surface area contributed by atoms with Crippen molar-refractivity contribution in [1.82, 2.24) is 9.97 Å². The number of hydrogen-bond acceptors (Lipinski definition) is 4. The molecular weight excluding hydrogens is 308 g/mol. The van der Waals surface area contributed by atoms with E-state index in [0.717, 1.165) is 17.1 Å². The smallest absolute Gasteiger partial charge is 0.225 e. The molecule has 128 valence electrons. The maximum atomic E-state index is 4.66. The van der Waals surface area contributed by atoms with Gasteiger partial charge in [0.25, 0.3) is 0 Å². The lowest BCUT2D eigenvalue weighted by Gasteiger charge is -2.17. The highest BCUT2D eigenvalue weighted by Crippen LogP contribution is 2.24. The molecule has 2 N–H and O–H groups in total. The average molecular weight is 332 g/mol. The molecule has 0 spiro atoms. The molecule has 2 aromatic carbocycles. The molecule has 0 aliphatic rings. The van der Waals surface area contributed by atoms with Crippen LogP contribution in [0.4, 0.5) is 11.8 Å². The average Bonchev–Trinajstić information content (AvgIpc) is 2.62. The van der Waals surface area contributed by atoms with E-state index in [2.05, 4.69) is 77.8 Å².